The molecule has 4 saturated heterocycles. The minimum atomic E-state index is -1.30. The van der Waals surface area contributed by atoms with Crippen LogP contribution < -0.4 is 18.9 Å². The molecule has 4 bridgehead atoms. The average molecular weight is 749 g/mol. The Morgan fingerprint density at radius 3 is 1.20 bits per heavy atom. The fourth-order valence-electron chi connectivity index (χ4n) is 12.4. The van der Waals surface area contributed by atoms with E-state index in [0.29, 0.717) is 61.5 Å². The van der Waals surface area contributed by atoms with Gasteiger partial charge in [-0.05, 0) is 61.1 Å². The van der Waals surface area contributed by atoms with Crippen molar-refractivity contribution in [2.45, 2.75) is 115 Å². The van der Waals surface area contributed by atoms with Crippen molar-refractivity contribution in [3.8, 4) is 23.0 Å². The van der Waals surface area contributed by atoms with Gasteiger partial charge in [-0.2, -0.15) is 0 Å². The molecule has 54 heavy (non-hydrogen) atoms. The summed E-state index contributed by atoms with van der Waals surface area (Å²) in [6.07, 6.45) is 7.49. The van der Waals surface area contributed by atoms with Gasteiger partial charge >= 0.3 is 23.9 Å². The van der Waals surface area contributed by atoms with Crippen LogP contribution in [0.25, 0.3) is 0 Å². The van der Waals surface area contributed by atoms with Gasteiger partial charge in [0.05, 0.1) is 63.3 Å². The van der Waals surface area contributed by atoms with Gasteiger partial charge in [0.1, 0.15) is 13.1 Å². The Kier molecular flexibility index (Phi) is 9.78. The lowest BCUT2D eigenvalue weighted by molar-refractivity contribution is -0.963. The SMILES string of the molecule is COc1cc(C[N+]2(C)C3CCC2CC(C2(C(=O)O)CCC2(C(=O)O)C2CC4CCC(C2)[N+]4(C)Cc2ccc(OC(C)=O)c(OC)c2)C3)ccc1OC(C)=O. The summed E-state index contributed by atoms with van der Waals surface area (Å²) in [5, 5.41) is 22.5. The van der Waals surface area contributed by atoms with Crippen LogP contribution in [0.2, 0.25) is 0 Å². The van der Waals surface area contributed by atoms with Gasteiger partial charge in [0.25, 0.3) is 0 Å². The van der Waals surface area contributed by atoms with E-state index in [0.717, 1.165) is 58.9 Å². The third-order valence-electron chi connectivity index (χ3n) is 15.1. The lowest BCUT2D eigenvalue weighted by atomic mass is 9.38. The van der Waals surface area contributed by atoms with Crippen molar-refractivity contribution < 1.29 is 57.3 Å². The summed E-state index contributed by atoms with van der Waals surface area (Å²) in [6, 6.07) is 12.2. The van der Waals surface area contributed by atoms with Crippen molar-refractivity contribution in [2.75, 3.05) is 28.3 Å². The van der Waals surface area contributed by atoms with Gasteiger partial charge in [0.15, 0.2) is 23.0 Å². The largest absolute Gasteiger partial charge is 0.493 e. The van der Waals surface area contributed by atoms with E-state index < -0.39 is 34.7 Å². The van der Waals surface area contributed by atoms with Crippen molar-refractivity contribution in [2.24, 2.45) is 22.7 Å². The summed E-state index contributed by atoms with van der Waals surface area (Å²) in [6.45, 7) is 4.17. The first-order chi connectivity index (χ1) is 25.6. The van der Waals surface area contributed by atoms with E-state index in [1.807, 2.05) is 24.3 Å². The highest BCUT2D eigenvalue weighted by Crippen LogP contribution is 2.71. The lowest BCUT2D eigenvalue weighted by Gasteiger charge is -2.64. The topological polar surface area (TPSA) is 146 Å². The number of carbonyl (C=O) groups excluding carboxylic acids is 2. The number of fused-ring (bicyclic) bond motifs is 4. The summed E-state index contributed by atoms with van der Waals surface area (Å²) in [5.41, 5.74) is -0.501. The molecule has 2 aromatic rings. The maximum absolute atomic E-state index is 13.8. The molecule has 1 aliphatic carbocycles. The summed E-state index contributed by atoms with van der Waals surface area (Å²) < 4.78 is 23.3. The van der Waals surface area contributed by atoms with E-state index in [9.17, 15) is 29.4 Å². The highest BCUT2D eigenvalue weighted by atomic mass is 16.6. The quantitative estimate of drug-likeness (QED) is 0.151. The van der Waals surface area contributed by atoms with E-state index in [4.69, 9.17) is 18.9 Å². The first-order valence-electron chi connectivity index (χ1n) is 19.5. The van der Waals surface area contributed by atoms with Crippen LogP contribution in [0.15, 0.2) is 36.4 Å². The summed E-state index contributed by atoms with van der Waals surface area (Å²) in [4.78, 5) is 50.8. The van der Waals surface area contributed by atoms with Crippen LogP contribution in [0.3, 0.4) is 0 Å². The van der Waals surface area contributed by atoms with Crippen molar-refractivity contribution >= 4 is 23.9 Å². The Bertz CT molecular complexity index is 1690. The van der Waals surface area contributed by atoms with Crippen LogP contribution in [-0.4, -0.2) is 95.5 Å². The average Bonchev–Trinajstić information content (AvgIpc) is 3.33. The Morgan fingerprint density at radius 1 is 0.611 bits per heavy atom. The number of methoxy groups -OCH3 is 2. The molecule has 6 unspecified atom stereocenters. The molecule has 12 heteroatoms. The second-order valence-electron chi connectivity index (χ2n) is 17.3. The molecule has 0 aromatic heterocycles. The summed E-state index contributed by atoms with van der Waals surface area (Å²) >= 11 is 0. The molecule has 2 aromatic carbocycles. The van der Waals surface area contributed by atoms with Gasteiger partial charge in [-0.15, -0.1) is 0 Å². The first-order valence-corrected chi connectivity index (χ1v) is 19.5. The Morgan fingerprint density at radius 2 is 0.944 bits per heavy atom. The minimum Gasteiger partial charge on any atom is -0.493 e. The number of carbonyl (C=O) groups is 4. The molecule has 5 fully saturated rings. The number of benzene rings is 2. The molecule has 1 saturated carbocycles. The van der Waals surface area contributed by atoms with Gasteiger partial charge in [-0.1, -0.05) is 0 Å². The predicted octanol–water partition coefficient (Wildman–Crippen LogP) is 5.97. The van der Waals surface area contributed by atoms with Crippen molar-refractivity contribution in [3.63, 3.8) is 0 Å². The van der Waals surface area contributed by atoms with Crippen molar-refractivity contribution in [3.05, 3.63) is 47.5 Å². The number of carboxylic acid groups (broad SMARTS) is 2. The van der Waals surface area contributed by atoms with Crippen molar-refractivity contribution in [1.29, 1.82) is 0 Å². The molecule has 6 atom stereocenters. The van der Waals surface area contributed by atoms with E-state index in [2.05, 4.69) is 14.1 Å². The predicted molar refractivity (Wildman–Crippen MR) is 197 cm³/mol. The number of hydrogen-bond acceptors (Lipinski definition) is 8. The third kappa shape index (κ3) is 5.86. The molecular weight excluding hydrogens is 692 g/mol. The lowest BCUT2D eigenvalue weighted by Crippen LogP contribution is -2.71. The number of rotatable bonds is 12. The third-order valence-corrected chi connectivity index (χ3v) is 15.1. The van der Waals surface area contributed by atoms with E-state index in [1.165, 1.54) is 13.8 Å². The van der Waals surface area contributed by atoms with Crippen LogP contribution in [0.5, 0.6) is 23.0 Å². The van der Waals surface area contributed by atoms with Gasteiger partial charge in [-0.25, -0.2) is 0 Å². The Balaban J connectivity index is 1.12. The fraction of sp³-hybridized carbons (Fsp3) is 0.619. The number of nitrogens with zero attached hydrogens (tertiary/aromatic N) is 2. The van der Waals surface area contributed by atoms with Crippen LogP contribution in [-0.2, 0) is 32.3 Å². The maximum atomic E-state index is 13.8. The Hall–Kier alpha value is -4.16. The second kappa shape index (κ2) is 13.8. The molecule has 0 spiro atoms. The number of quaternary nitrogens is 2. The zero-order valence-electron chi connectivity index (χ0n) is 32.5. The molecule has 7 rings (SSSR count). The molecule has 4 heterocycles. The molecule has 292 valence electrons. The standard InChI is InChI=1S/C42H54N2O10/c1-25(45)53-35-13-7-27(17-37(35)51-5)23-43(3)31-9-10-32(43)20-29(19-31)41(39(47)48)15-16-42(41,40(49)50)30-21-33-11-12-34(22-30)44(33,4)24-28-8-14-36(54-26(2)46)38(18-28)52-6/h7-8,13-14,17-18,29-34H,9-12,15-16,19-24H2,1-6H3/p+2. The first kappa shape index (κ1) is 38.1. The normalized spacial score (nSPS) is 36.5. The number of ether oxygens (including phenoxy) is 4. The van der Waals surface area contributed by atoms with Crippen LogP contribution in [0, 0.1) is 22.7 Å². The molecule has 12 nitrogen and oxygen atoms in total. The monoisotopic (exact) mass is 748 g/mol. The van der Waals surface area contributed by atoms with Gasteiger partial charge < -0.3 is 38.1 Å². The maximum Gasteiger partial charge on any atom is 0.311 e. The number of esters is 2. The molecule has 0 amide bonds. The van der Waals surface area contributed by atoms with Crippen LogP contribution >= 0.6 is 0 Å². The zero-order chi connectivity index (χ0) is 38.8. The number of piperidine rings is 2. The van der Waals surface area contributed by atoms with Gasteiger partial charge in [0, 0.05) is 76.3 Å². The number of aliphatic carboxylic acids is 2. The van der Waals surface area contributed by atoms with Crippen molar-refractivity contribution in [1.82, 2.24) is 0 Å². The minimum absolute atomic E-state index is 0.211. The summed E-state index contributed by atoms with van der Waals surface area (Å²) in [5.74, 6) is -1.38. The smallest absolute Gasteiger partial charge is 0.311 e. The van der Waals surface area contributed by atoms with E-state index in [1.54, 1.807) is 26.4 Å². The fourth-order valence-corrected chi connectivity index (χ4v) is 12.4. The highest BCUT2D eigenvalue weighted by molar-refractivity contribution is 5.89. The zero-order valence-corrected chi connectivity index (χ0v) is 32.5. The number of hydrogen-bond donors (Lipinski definition) is 2. The molecule has 5 aliphatic rings. The molecular formula is C42H56N2O10+2. The molecule has 2 N–H and O–H groups in total. The highest BCUT2D eigenvalue weighted by Gasteiger charge is 2.76. The number of carboxylic acids is 2. The van der Waals surface area contributed by atoms with Gasteiger partial charge in [-0.3, -0.25) is 19.2 Å². The Labute approximate surface area is 317 Å². The van der Waals surface area contributed by atoms with Crippen LogP contribution in [0.4, 0.5) is 0 Å². The summed E-state index contributed by atoms with van der Waals surface area (Å²) in [7, 11) is 7.64. The molecule has 4 aliphatic heterocycles. The van der Waals surface area contributed by atoms with E-state index >= 15 is 0 Å². The van der Waals surface area contributed by atoms with E-state index in [-0.39, 0.29) is 36.0 Å². The van der Waals surface area contributed by atoms with Gasteiger partial charge in [0.2, 0.25) is 0 Å². The molecule has 0 radical (unpaired) electrons. The van der Waals surface area contributed by atoms with Crippen LogP contribution in [0.1, 0.15) is 89.2 Å². The second-order valence-corrected chi connectivity index (χ2v) is 17.3.